The number of ether oxygens (including phenoxy) is 1. The van der Waals surface area contributed by atoms with E-state index < -0.39 is 32.9 Å². The molecule has 0 radical (unpaired) electrons. The highest BCUT2D eigenvalue weighted by molar-refractivity contribution is 7.91. The Kier molecular flexibility index (Phi) is 7.84. The molecule has 2 amide bonds. The first-order valence-corrected chi connectivity index (χ1v) is 14.1. The van der Waals surface area contributed by atoms with E-state index in [4.69, 9.17) is 4.74 Å². The lowest BCUT2D eigenvalue weighted by molar-refractivity contribution is -0.120. The maximum atomic E-state index is 15.0. The number of aromatic nitrogens is 1. The molecular formula is C26H24FN3O5S2. The second-order valence-electron chi connectivity index (χ2n) is 8.22. The van der Waals surface area contributed by atoms with E-state index in [1.54, 1.807) is 37.3 Å². The summed E-state index contributed by atoms with van der Waals surface area (Å²) in [7, 11) is -3.80. The number of amides is 2. The highest BCUT2D eigenvalue weighted by Gasteiger charge is 2.33. The first-order chi connectivity index (χ1) is 17.7. The Morgan fingerprint density at radius 2 is 1.78 bits per heavy atom. The van der Waals surface area contributed by atoms with E-state index in [9.17, 15) is 22.4 Å². The first kappa shape index (κ1) is 26.2. The minimum Gasteiger partial charge on any atom is -0.444 e. The highest BCUT2D eigenvalue weighted by atomic mass is 32.2. The Morgan fingerprint density at radius 3 is 2.43 bits per heavy atom. The van der Waals surface area contributed by atoms with E-state index in [1.807, 2.05) is 30.3 Å². The van der Waals surface area contributed by atoms with Crippen molar-refractivity contribution in [3.05, 3.63) is 83.1 Å². The van der Waals surface area contributed by atoms with Crippen molar-refractivity contribution in [3.8, 4) is 11.1 Å². The number of fused-ring (bicyclic) bond motifs is 1. The average Bonchev–Trinajstić information content (AvgIpc) is 3.24. The van der Waals surface area contributed by atoms with Crippen molar-refractivity contribution in [3.63, 3.8) is 0 Å². The van der Waals surface area contributed by atoms with Gasteiger partial charge in [-0.15, -0.1) is 11.3 Å². The molecule has 0 aliphatic rings. The second-order valence-corrected chi connectivity index (χ2v) is 11.4. The molecule has 8 nitrogen and oxygen atoms in total. The van der Waals surface area contributed by atoms with E-state index >= 15 is 0 Å². The number of thiazole rings is 1. The van der Waals surface area contributed by atoms with Gasteiger partial charge in [0.1, 0.15) is 17.4 Å². The lowest BCUT2D eigenvalue weighted by Gasteiger charge is -2.11. The molecule has 1 heterocycles. The number of rotatable bonds is 8. The fourth-order valence-electron chi connectivity index (χ4n) is 3.67. The van der Waals surface area contributed by atoms with Crippen LogP contribution in [-0.4, -0.2) is 38.2 Å². The summed E-state index contributed by atoms with van der Waals surface area (Å²) in [4.78, 5) is 28.7. The van der Waals surface area contributed by atoms with Gasteiger partial charge in [0, 0.05) is 30.1 Å². The molecule has 0 aliphatic carbocycles. The van der Waals surface area contributed by atoms with Crippen LogP contribution in [0.15, 0.2) is 66.7 Å². The molecule has 1 atom stereocenters. The van der Waals surface area contributed by atoms with Crippen LogP contribution in [0.25, 0.3) is 21.3 Å². The Bertz CT molecular complexity index is 1540. The van der Waals surface area contributed by atoms with E-state index in [0.29, 0.717) is 16.0 Å². The number of benzene rings is 3. The van der Waals surface area contributed by atoms with Crippen molar-refractivity contribution >= 4 is 49.1 Å². The molecule has 0 bridgehead atoms. The summed E-state index contributed by atoms with van der Waals surface area (Å²) in [6.45, 7) is 2.09. The van der Waals surface area contributed by atoms with E-state index in [0.717, 1.165) is 23.2 Å². The summed E-state index contributed by atoms with van der Waals surface area (Å²) in [6.07, 6.45) is 0.354. The zero-order valence-electron chi connectivity index (χ0n) is 20.0. The standard InChI is InChI=1S/C26H24FN3O5S2/c1-3-28-24(31)23(37(2,33)34)25-30-21-14-20(27)19(13-22(21)36-25)17-9-11-18(12-10-17)29-26(32)35-15-16-7-5-4-6-8-16/h4-14,23H,3,15H2,1-2H3,(H,28,31)(H,29,32). The Hall–Kier alpha value is -3.83. The van der Waals surface area contributed by atoms with Crippen LogP contribution in [0.3, 0.4) is 0 Å². The molecule has 0 fully saturated rings. The summed E-state index contributed by atoms with van der Waals surface area (Å²) < 4.78 is 45.3. The van der Waals surface area contributed by atoms with Gasteiger partial charge in [-0.05, 0) is 36.2 Å². The molecule has 37 heavy (non-hydrogen) atoms. The number of sulfone groups is 1. The number of hydrogen-bond acceptors (Lipinski definition) is 7. The second kappa shape index (κ2) is 11.1. The van der Waals surface area contributed by atoms with Crippen molar-refractivity contribution in [1.29, 1.82) is 0 Å². The van der Waals surface area contributed by atoms with Gasteiger partial charge in [-0.25, -0.2) is 22.6 Å². The molecular weight excluding hydrogens is 517 g/mol. The molecule has 11 heteroatoms. The summed E-state index contributed by atoms with van der Waals surface area (Å²) >= 11 is 1.03. The lowest BCUT2D eigenvalue weighted by atomic mass is 10.0. The number of nitrogens with one attached hydrogen (secondary N) is 2. The number of nitrogens with zero attached hydrogens (tertiary/aromatic N) is 1. The van der Waals surface area contributed by atoms with Crippen LogP contribution in [0.2, 0.25) is 0 Å². The molecule has 0 saturated carbocycles. The topological polar surface area (TPSA) is 114 Å². The molecule has 0 spiro atoms. The molecule has 4 aromatic rings. The van der Waals surface area contributed by atoms with E-state index in [2.05, 4.69) is 15.6 Å². The Morgan fingerprint density at radius 1 is 1.08 bits per heavy atom. The van der Waals surface area contributed by atoms with Gasteiger partial charge < -0.3 is 10.1 Å². The van der Waals surface area contributed by atoms with Crippen LogP contribution in [0.5, 0.6) is 0 Å². The van der Waals surface area contributed by atoms with Gasteiger partial charge in [0.05, 0.1) is 10.2 Å². The van der Waals surface area contributed by atoms with Crippen molar-refractivity contribution in [2.24, 2.45) is 0 Å². The largest absolute Gasteiger partial charge is 0.444 e. The van der Waals surface area contributed by atoms with Crippen LogP contribution in [0.1, 0.15) is 22.7 Å². The molecule has 1 unspecified atom stereocenters. The molecule has 2 N–H and O–H groups in total. The fraction of sp³-hybridized carbons (Fsp3) is 0.192. The highest BCUT2D eigenvalue weighted by Crippen LogP contribution is 2.35. The molecule has 3 aromatic carbocycles. The minimum absolute atomic E-state index is 0.0774. The number of carbonyl (C=O) groups is 2. The third kappa shape index (κ3) is 6.30. The van der Waals surface area contributed by atoms with Gasteiger partial charge in [0.15, 0.2) is 15.1 Å². The van der Waals surface area contributed by atoms with Gasteiger partial charge in [-0.1, -0.05) is 42.5 Å². The minimum atomic E-state index is -3.80. The molecule has 192 valence electrons. The number of anilines is 1. The lowest BCUT2D eigenvalue weighted by Crippen LogP contribution is -2.33. The van der Waals surface area contributed by atoms with Gasteiger partial charge in [0.2, 0.25) is 5.91 Å². The van der Waals surface area contributed by atoms with Gasteiger partial charge in [0.25, 0.3) is 0 Å². The average molecular weight is 542 g/mol. The summed E-state index contributed by atoms with van der Waals surface area (Å²) in [6, 6.07) is 18.6. The Balaban J connectivity index is 1.53. The molecule has 1 aromatic heterocycles. The predicted octanol–water partition coefficient (Wildman–Crippen LogP) is 5.07. The van der Waals surface area contributed by atoms with Gasteiger partial charge >= 0.3 is 6.09 Å². The van der Waals surface area contributed by atoms with Crippen molar-refractivity contribution in [2.45, 2.75) is 18.8 Å². The molecule has 0 aliphatic heterocycles. The zero-order valence-corrected chi connectivity index (χ0v) is 21.7. The monoisotopic (exact) mass is 541 g/mol. The summed E-state index contributed by atoms with van der Waals surface area (Å²) in [5, 5.41) is 3.75. The van der Waals surface area contributed by atoms with Gasteiger partial charge in [-0.2, -0.15) is 0 Å². The van der Waals surface area contributed by atoms with E-state index in [1.165, 1.54) is 6.07 Å². The van der Waals surface area contributed by atoms with Crippen molar-refractivity contribution in [2.75, 3.05) is 18.1 Å². The first-order valence-electron chi connectivity index (χ1n) is 11.3. The van der Waals surface area contributed by atoms with Crippen LogP contribution >= 0.6 is 11.3 Å². The fourth-order valence-corrected chi connectivity index (χ4v) is 6.20. The van der Waals surface area contributed by atoms with Crippen LogP contribution in [0.4, 0.5) is 14.9 Å². The maximum absolute atomic E-state index is 15.0. The third-order valence-corrected chi connectivity index (χ3v) is 7.92. The maximum Gasteiger partial charge on any atom is 0.411 e. The normalized spacial score (nSPS) is 12.2. The van der Waals surface area contributed by atoms with E-state index in [-0.39, 0.29) is 29.2 Å². The number of likely N-dealkylation sites (N-methyl/N-ethyl adjacent to an activating group) is 1. The predicted molar refractivity (Wildman–Crippen MR) is 142 cm³/mol. The molecule has 0 saturated heterocycles. The zero-order chi connectivity index (χ0) is 26.6. The third-order valence-electron chi connectivity index (χ3n) is 5.39. The van der Waals surface area contributed by atoms with Gasteiger partial charge in [-0.3, -0.25) is 10.1 Å². The van der Waals surface area contributed by atoms with Crippen LogP contribution in [0, 0.1) is 5.82 Å². The van der Waals surface area contributed by atoms with Crippen LogP contribution < -0.4 is 10.6 Å². The van der Waals surface area contributed by atoms with Crippen molar-refractivity contribution < 1.29 is 27.1 Å². The number of carbonyl (C=O) groups excluding carboxylic acids is 2. The Labute approximate surface area is 217 Å². The number of hydrogen-bond donors (Lipinski definition) is 2. The summed E-state index contributed by atoms with van der Waals surface area (Å²) in [5.74, 6) is -1.23. The van der Waals surface area contributed by atoms with Crippen LogP contribution in [-0.2, 0) is 26.0 Å². The molecule has 4 rings (SSSR count). The van der Waals surface area contributed by atoms with Crippen molar-refractivity contribution in [1.82, 2.24) is 10.3 Å². The quantitative estimate of drug-likeness (QED) is 0.322. The SMILES string of the molecule is CCNC(=O)C(c1nc2cc(F)c(-c3ccc(NC(=O)OCc4ccccc4)cc3)cc2s1)S(C)(=O)=O. The smallest absolute Gasteiger partial charge is 0.411 e. The summed E-state index contributed by atoms with van der Waals surface area (Å²) in [5.41, 5.74) is 2.41. The number of halogens is 1.